The zero-order valence-corrected chi connectivity index (χ0v) is 9.22. The van der Waals surface area contributed by atoms with Crippen LogP contribution in [0.25, 0.3) is 11.3 Å². The second kappa shape index (κ2) is 5.09. The zero-order chi connectivity index (χ0) is 13.0. The summed E-state index contributed by atoms with van der Waals surface area (Å²) in [6.45, 7) is 0. The van der Waals surface area contributed by atoms with Gasteiger partial charge in [-0.3, -0.25) is 5.10 Å². The molecule has 1 aromatic heterocycles. The Balaban J connectivity index is 2.24. The normalized spacial score (nSPS) is 10.7. The van der Waals surface area contributed by atoms with Gasteiger partial charge in [0.05, 0.1) is 18.1 Å². The van der Waals surface area contributed by atoms with Crippen LogP contribution in [-0.4, -0.2) is 22.4 Å². The van der Waals surface area contributed by atoms with Gasteiger partial charge in [-0.25, -0.2) is 14.6 Å². The number of nitrogens with one attached hydrogen (secondary N) is 2. The number of benzene rings is 1. The predicted molar refractivity (Wildman–Crippen MR) is 64.3 cm³/mol. The Labute approximate surface area is 102 Å². The number of nitrogens with zero attached hydrogens (tertiary/aromatic N) is 2. The maximum absolute atomic E-state index is 12.8. The number of halogens is 1. The van der Waals surface area contributed by atoms with E-state index in [9.17, 15) is 9.18 Å². The summed E-state index contributed by atoms with van der Waals surface area (Å²) in [4.78, 5) is 10.5. The maximum atomic E-state index is 12.8. The van der Waals surface area contributed by atoms with Crippen molar-refractivity contribution in [2.75, 3.05) is 0 Å². The Bertz CT molecular complexity index is 575. The third-order valence-corrected chi connectivity index (χ3v) is 2.18. The Morgan fingerprint density at radius 1 is 1.44 bits per heavy atom. The molecule has 4 N–H and O–H groups in total. The number of amides is 2. The third kappa shape index (κ3) is 2.70. The number of aromatic amines is 1. The van der Waals surface area contributed by atoms with E-state index in [0.29, 0.717) is 11.3 Å². The van der Waals surface area contributed by atoms with E-state index in [4.69, 9.17) is 5.73 Å². The average Bonchev–Trinajstić information content (AvgIpc) is 2.78. The number of hydrogen-bond acceptors (Lipinski definition) is 3. The first-order valence-corrected chi connectivity index (χ1v) is 5.04. The van der Waals surface area contributed by atoms with E-state index in [-0.39, 0.29) is 5.82 Å². The van der Waals surface area contributed by atoms with Crippen molar-refractivity contribution in [1.29, 1.82) is 0 Å². The summed E-state index contributed by atoms with van der Waals surface area (Å²) in [7, 11) is 0. The molecule has 0 atom stereocenters. The molecule has 1 heterocycles. The van der Waals surface area contributed by atoms with E-state index < -0.39 is 6.03 Å². The second-order valence-electron chi connectivity index (χ2n) is 3.44. The van der Waals surface area contributed by atoms with Crippen LogP contribution in [0, 0.1) is 5.82 Å². The molecular formula is C11H10FN5O. The molecular weight excluding hydrogens is 237 g/mol. The summed E-state index contributed by atoms with van der Waals surface area (Å²) in [5.74, 6) is -0.316. The van der Waals surface area contributed by atoms with Crippen LogP contribution in [0.1, 0.15) is 5.56 Å². The van der Waals surface area contributed by atoms with E-state index >= 15 is 0 Å². The highest BCUT2D eigenvalue weighted by atomic mass is 19.1. The minimum atomic E-state index is -0.752. The fourth-order valence-electron chi connectivity index (χ4n) is 1.41. The van der Waals surface area contributed by atoms with E-state index in [1.165, 1.54) is 24.5 Å². The number of rotatable bonds is 3. The number of hydrazone groups is 1. The highest BCUT2D eigenvalue weighted by Gasteiger charge is 2.05. The Morgan fingerprint density at radius 3 is 2.83 bits per heavy atom. The molecule has 0 fully saturated rings. The zero-order valence-electron chi connectivity index (χ0n) is 9.22. The van der Waals surface area contributed by atoms with Crippen LogP contribution in [0.5, 0.6) is 0 Å². The second-order valence-corrected chi connectivity index (χ2v) is 3.44. The number of urea groups is 1. The van der Waals surface area contributed by atoms with Crippen LogP contribution in [0.2, 0.25) is 0 Å². The van der Waals surface area contributed by atoms with Gasteiger partial charge in [0.2, 0.25) is 0 Å². The number of aromatic nitrogens is 2. The van der Waals surface area contributed by atoms with Crippen LogP contribution in [-0.2, 0) is 0 Å². The molecule has 2 aromatic rings. The molecule has 0 spiro atoms. The number of carbonyl (C=O) groups excluding carboxylic acids is 1. The van der Waals surface area contributed by atoms with Crippen molar-refractivity contribution in [3.8, 4) is 11.3 Å². The molecule has 7 heteroatoms. The summed E-state index contributed by atoms with van der Waals surface area (Å²) in [6, 6.07) is 5.17. The molecule has 0 aliphatic carbocycles. The molecule has 0 aliphatic rings. The smallest absolute Gasteiger partial charge is 0.332 e. The molecule has 0 bridgehead atoms. The van der Waals surface area contributed by atoms with Crippen LogP contribution < -0.4 is 11.2 Å². The summed E-state index contributed by atoms with van der Waals surface area (Å²) in [5, 5.41) is 10.3. The minimum Gasteiger partial charge on any atom is -0.350 e. The van der Waals surface area contributed by atoms with Crippen molar-refractivity contribution in [2.24, 2.45) is 10.8 Å². The quantitative estimate of drug-likeness (QED) is 0.561. The number of hydrogen-bond donors (Lipinski definition) is 3. The Kier molecular flexibility index (Phi) is 3.33. The molecule has 0 saturated heterocycles. The molecule has 6 nitrogen and oxygen atoms in total. The van der Waals surface area contributed by atoms with Gasteiger partial charge in [0.15, 0.2) is 0 Å². The van der Waals surface area contributed by atoms with Crippen LogP contribution in [0.4, 0.5) is 9.18 Å². The average molecular weight is 247 g/mol. The number of primary amides is 1. The van der Waals surface area contributed by atoms with Gasteiger partial charge in [0.1, 0.15) is 5.82 Å². The highest BCUT2D eigenvalue weighted by molar-refractivity contribution is 5.89. The van der Waals surface area contributed by atoms with E-state index in [0.717, 1.165) is 5.56 Å². The lowest BCUT2D eigenvalue weighted by atomic mass is 10.1. The van der Waals surface area contributed by atoms with Crippen LogP contribution >= 0.6 is 0 Å². The van der Waals surface area contributed by atoms with E-state index in [1.54, 1.807) is 12.1 Å². The van der Waals surface area contributed by atoms with Crippen molar-refractivity contribution in [1.82, 2.24) is 15.6 Å². The fraction of sp³-hybridized carbons (Fsp3) is 0. The lowest BCUT2D eigenvalue weighted by Gasteiger charge is -1.99. The Hall–Kier alpha value is -2.70. The monoisotopic (exact) mass is 247 g/mol. The number of nitrogens with two attached hydrogens (primary N) is 1. The van der Waals surface area contributed by atoms with Gasteiger partial charge in [0.25, 0.3) is 0 Å². The summed E-state index contributed by atoms with van der Waals surface area (Å²) in [6.07, 6.45) is 2.93. The number of carbonyl (C=O) groups is 1. The number of H-pyrrole nitrogens is 1. The van der Waals surface area contributed by atoms with Crippen molar-refractivity contribution in [2.45, 2.75) is 0 Å². The van der Waals surface area contributed by atoms with Crippen molar-refractivity contribution in [3.63, 3.8) is 0 Å². The van der Waals surface area contributed by atoms with Gasteiger partial charge in [-0.1, -0.05) is 0 Å². The van der Waals surface area contributed by atoms with E-state index in [2.05, 4.69) is 20.7 Å². The van der Waals surface area contributed by atoms with Crippen molar-refractivity contribution < 1.29 is 9.18 Å². The topological polar surface area (TPSA) is 96.2 Å². The lowest BCUT2D eigenvalue weighted by Crippen LogP contribution is -2.24. The van der Waals surface area contributed by atoms with Gasteiger partial charge >= 0.3 is 6.03 Å². The largest absolute Gasteiger partial charge is 0.350 e. The van der Waals surface area contributed by atoms with Gasteiger partial charge in [-0.2, -0.15) is 10.2 Å². The summed E-state index contributed by atoms with van der Waals surface area (Å²) in [5.41, 5.74) is 9.03. The first-order chi connectivity index (χ1) is 8.66. The minimum absolute atomic E-state index is 0.316. The maximum Gasteiger partial charge on any atom is 0.332 e. The first-order valence-electron chi connectivity index (χ1n) is 5.04. The van der Waals surface area contributed by atoms with Gasteiger partial charge in [-0.15, -0.1) is 0 Å². The van der Waals surface area contributed by atoms with E-state index in [1.807, 2.05) is 0 Å². The van der Waals surface area contributed by atoms with Gasteiger partial charge in [0, 0.05) is 11.1 Å². The van der Waals surface area contributed by atoms with Crippen molar-refractivity contribution in [3.05, 3.63) is 41.8 Å². The summed E-state index contributed by atoms with van der Waals surface area (Å²) < 4.78 is 12.8. The first kappa shape index (κ1) is 11.8. The highest BCUT2D eigenvalue weighted by Crippen LogP contribution is 2.19. The molecule has 0 aliphatic heterocycles. The SMILES string of the molecule is NC(=O)N/N=C/c1cn[nH]c1-c1ccc(F)cc1. The standard InChI is InChI=1S/C11H10FN5O/c12-9-3-1-7(2-4-9)10-8(5-14-16-10)6-15-17-11(13)18/h1-6H,(H,14,16)(H3,13,17,18)/b15-6+. The fourth-order valence-corrected chi connectivity index (χ4v) is 1.41. The molecule has 92 valence electrons. The molecule has 0 unspecified atom stereocenters. The van der Waals surface area contributed by atoms with Crippen LogP contribution in [0.15, 0.2) is 35.6 Å². The molecule has 1 aromatic carbocycles. The summed E-state index contributed by atoms with van der Waals surface area (Å²) >= 11 is 0. The third-order valence-electron chi connectivity index (χ3n) is 2.18. The Morgan fingerprint density at radius 2 is 2.17 bits per heavy atom. The molecule has 2 amide bonds. The van der Waals surface area contributed by atoms with Crippen molar-refractivity contribution >= 4 is 12.2 Å². The lowest BCUT2D eigenvalue weighted by molar-refractivity contribution is 0.249. The molecule has 18 heavy (non-hydrogen) atoms. The van der Waals surface area contributed by atoms with Crippen LogP contribution in [0.3, 0.4) is 0 Å². The molecule has 0 saturated carbocycles. The van der Waals surface area contributed by atoms with Gasteiger partial charge in [-0.05, 0) is 24.3 Å². The molecule has 2 rings (SSSR count). The predicted octanol–water partition coefficient (Wildman–Crippen LogP) is 1.22. The van der Waals surface area contributed by atoms with Gasteiger partial charge < -0.3 is 5.73 Å². The molecule has 0 radical (unpaired) electrons.